The van der Waals surface area contributed by atoms with Crippen LogP contribution in [0, 0.1) is 0 Å². The van der Waals surface area contributed by atoms with Crippen LogP contribution >= 0.6 is 0 Å². The van der Waals surface area contributed by atoms with Crippen molar-refractivity contribution >= 4 is 64.1 Å². The molecule has 0 bridgehead atoms. The van der Waals surface area contributed by atoms with E-state index < -0.39 is 47.8 Å². The second-order valence-corrected chi connectivity index (χ2v) is 13.2. The van der Waals surface area contributed by atoms with Gasteiger partial charge < -0.3 is 47.6 Å². The number of nitrogen functional groups attached to an aromatic ring is 1. The quantitative estimate of drug-likeness (QED) is 0.0238. The summed E-state index contributed by atoms with van der Waals surface area (Å²) in [6.45, 7) is 2.17. The zero-order chi connectivity index (χ0) is 42.9. The molecule has 4 amide bonds. The summed E-state index contributed by atoms with van der Waals surface area (Å²) in [5.74, 6) is -5.25. The zero-order valence-electron chi connectivity index (χ0n) is 31.8. The van der Waals surface area contributed by atoms with E-state index >= 15 is 0 Å². The smallest absolute Gasteiger partial charge is 0.326 e. The van der Waals surface area contributed by atoms with Crippen LogP contribution in [0.25, 0.3) is 21.6 Å². The highest BCUT2D eigenvalue weighted by Gasteiger charge is 2.24. The van der Waals surface area contributed by atoms with E-state index in [9.17, 15) is 44.1 Å². The molecule has 0 aliphatic rings. The molecule has 0 aliphatic carbocycles. The number of nitrogens with two attached hydrogens (primary N) is 1. The van der Waals surface area contributed by atoms with Crippen LogP contribution in [0.2, 0.25) is 0 Å². The molecule has 3 atom stereocenters. The molecule has 0 fully saturated rings. The predicted molar refractivity (Wildman–Crippen MR) is 211 cm³/mol. The molecule has 0 radical (unpaired) electrons. The lowest BCUT2D eigenvalue weighted by Crippen LogP contribution is -2.44. The van der Waals surface area contributed by atoms with Gasteiger partial charge in [0.25, 0.3) is 11.8 Å². The van der Waals surface area contributed by atoms with Crippen LogP contribution in [0.15, 0.2) is 59.8 Å². The maximum Gasteiger partial charge on any atom is 0.326 e. The molecule has 2 aromatic heterocycles. The second-order valence-electron chi connectivity index (χ2n) is 13.2. The van der Waals surface area contributed by atoms with Gasteiger partial charge in [0.2, 0.25) is 23.6 Å². The predicted octanol–water partition coefficient (Wildman–Crippen LogP) is 2.68. The molecule has 4 aromatic rings. The van der Waals surface area contributed by atoms with Gasteiger partial charge in [0, 0.05) is 52.8 Å². The van der Waals surface area contributed by atoms with Gasteiger partial charge >= 0.3 is 11.9 Å². The molecule has 0 saturated heterocycles. The number of hydrogen-bond acceptors (Lipinski definition) is 14. The largest absolute Gasteiger partial charge is 0.492 e. The fourth-order valence-electron chi connectivity index (χ4n) is 5.52. The van der Waals surface area contributed by atoms with Gasteiger partial charge in [0.05, 0.1) is 18.4 Å². The molecule has 4 rings (SSSR count). The van der Waals surface area contributed by atoms with E-state index in [-0.39, 0.29) is 74.1 Å². The van der Waals surface area contributed by atoms with E-state index in [4.69, 9.17) is 11.3 Å². The van der Waals surface area contributed by atoms with Gasteiger partial charge in [0.15, 0.2) is 11.2 Å². The Bertz CT molecular complexity index is 2200. The van der Waals surface area contributed by atoms with Crippen LogP contribution in [0.1, 0.15) is 78.3 Å². The Kier molecular flexibility index (Phi) is 16.2. The Labute approximate surface area is 336 Å². The lowest BCUT2D eigenvalue weighted by molar-refractivity contribution is -0.143. The molecule has 22 heteroatoms. The number of benzene rings is 2. The zero-order valence-corrected chi connectivity index (χ0v) is 31.8. The number of aromatic nitrogens is 4. The van der Waals surface area contributed by atoms with Crippen molar-refractivity contribution in [2.24, 2.45) is 5.11 Å². The van der Waals surface area contributed by atoms with Gasteiger partial charge in [-0.25, -0.2) is 19.6 Å². The number of fused-ring (bicyclic) bond motifs is 1. The molecular weight excluding hydrogens is 770 g/mol. The lowest BCUT2D eigenvalue weighted by atomic mass is 10.1. The Morgan fingerprint density at radius 2 is 1.41 bits per heavy atom. The van der Waals surface area contributed by atoms with Crippen LogP contribution in [0.4, 0.5) is 17.3 Å². The number of carboxylic acids is 2. The Morgan fingerprint density at radius 1 is 0.797 bits per heavy atom. The Balaban J connectivity index is 1.13. The fourth-order valence-corrected chi connectivity index (χ4v) is 5.52. The first-order chi connectivity index (χ1) is 28.2. The van der Waals surface area contributed by atoms with Crippen molar-refractivity contribution in [2.45, 2.75) is 76.5 Å². The van der Waals surface area contributed by atoms with Gasteiger partial charge in [0.1, 0.15) is 12.1 Å². The topological polar surface area (TPSA) is 350 Å². The monoisotopic (exact) mass is 813 g/mol. The summed E-state index contributed by atoms with van der Waals surface area (Å²) < 4.78 is 0. The number of azide groups is 1. The third-order valence-electron chi connectivity index (χ3n) is 8.68. The number of amides is 4. The molecule has 59 heavy (non-hydrogen) atoms. The van der Waals surface area contributed by atoms with Crippen molar-refractivity contribution in [1.29, 1.82) is 0 Å². The third kappa shape index (κ3) is 14.1. The number of carboxylic acid groups (broad SMARTS) is 2. The lowest BCUT2D eigenvalue weighted by Gasteiger charge is -2.18. The van der Waals surface area contributed by atoms with Crippen LogP contribution in [0.3, 0.4) is 0 Å². The molecular formula is C37H43N13O9. The van der Waals surface area contributed by atoms with Crippen molar-refractivity contribution < 1.29 is 44.1 Å². The minimum absolute atomic E-state index is 0.0536. The first-order valence-electron chi connectivity index (χ1n) is 18.3. The van der Waals surface area contributed by atoms with Gasteiger partial charge in [-0.2, -0.15) is 9.97 Å². The number of rotatable bonds is 22. The van der Waals surface area contributed by atoms with E-state index in [1.165, 1.54) is 30.5 Å². The highest BCUT2D eigenvalue weighted by molar-refractivity contribution is 5.95. The molecule has 0 aliphatic heterocycles. The number of carbonyl (C=O) groups excluding carboxylic acids is 4. The minimum Gasteiger partial charge on any atom is -0.492 e. The normalized spacial score (nSPS) is 12.2. The SMILES string of the molecule is C[C@H](CCC(=O)N[C@@H](CCC(=O)N[C@@H](CCCCNC(=O)c1ccc(N=[N+]=[N-])cc1)C(=O)O)C(=O)O)NC(=O)c1ccc(NCc2cnc3nc(N)nc(O)c3n2)cc1. The molecule has 0 spiro atoms. The van der Waals surface area contributed by atoms with E-state index in [1.54, 1.807) is 31.2 Å². The molecule has 310 valence electrons. The second kappa shape index (κ2) is 21.6. The van der Waals surface area contributed by atoms with Crippen LogP contribution in [-0.2, 0) is 25.7 Å². The maximum absolute atomic E-state index is 12.8. The summed E-state index contributed by atoms with van der Waals surface area (Å²) >= 11 is 0. The van der Waals surface area contributed by atoms with E-state index in [1.807, 2.05) is 0 Å². The summed E-state index contributed by atoms with van der Waals surface area (Å²) in [5.41, 5.74) is 16.5. The summed E-state index contributed by atoms with van der Waals surface area (Å²) in [4.78, 5) is 92.5. The van der Waals surface area contributed by atoms with Crippen molar-refractivity contribution in [2.75, 3.05) is 17.6 Å². The van der Waals surface area contributed by atoms with Gasteiger partial charge in [-0.3, -0.25) is 19.2 Å². The molecule has 10 N–H and O–H groups in total. The molecule has 22 nitrogen and oxygen atoms in total. The number of unbranched alkanes of at least 4 members (excludes halogenated alkanes) is 1. The van der Waals surface area contributed by atoms with Crippen molar-refractivity contribution in [1.82, 2.24) is 41.2 Å². The Morgan fingerprint density at radius 3 is 2.05 bits per heavy atom. The number of anilines is 2. The summed E-state index contributed by atoms with van der Waals surface area (Å²) in [6.07, 6.45) is 1.67. The van der Waals surface area contributed by atoms with E-state index in [2.05, 4.69) is 56.5 Å². The highest BCUT2D eigenvalue weighted by atomic mass is 16.4. The summed E-state index contributed by atoms with van der Waals surface area (Å²) in [7, 11) is 0. The highest BCUT2D eigenvalue weighted by Crippen LogP contribution is 2.19. The van der Waals surface area contributed by atoms with E-state index in [0.29, 0.717) is 41.0 Å². The van der Waals surface area contributed by atoms with E-state index in [0.717, 1.165) is 0 Å². The first kappa shape index (κ1) is 44.1. The van der Waals surface area contributed by atoms with Gasteiger partial charge in [-0.1, -0.05) is 17.2 Å². The number of aliphatic carboxylic acids is 2. The molecule has 2 heterocycles. The number of aromatic hydroxyl groups is 1. The van der Waals surface area contributed by atoms with Crippen molar-refractivity contribution in [3.63, 3.8) is 0 Å². The summed E-state index contributed by atoms with van der Waals surface area (Å²) in [6, 6.07) is 9.41. The van der Waals surface area contributed by atoms with Crippen molar-refractivity contribution in [3.05, 3.63) is 82.0 Å². The Hall–Kier alpha value is -7.61. The standard InChI is InChI=1S/C37H43N13O9/c1-20(43-33(54)22-6-10-23(11-7-22)41-18-25-19-42-31-30(44-25)34(55)48-37(38)47-31)5-15-28(51)46-27(36(58)59)14-16-29(52)45-26(35(56)57)4-2-3-17-40-32(53)21-8-12-24(13-9-21)49-50-39/h6-13,19-20,26-27,41H,2-5,14-18H2,1H3,(H,40,53)(H,43,54)(H,45,52)(H,46,51)(H,56,57)(H,58,59)(H3,38,42,47,48,55)/t20-,26+,27+/m1/s1. The third-order valence-corrected chi connectivity index (χ3v) is 8.68. The average molecular weight is 814 g/mol. The maximum atomic E-state index is 12.8. The molecule has 0 unspecified atom stereocenters. The fraction of sp³-hybridized carbons (Fsp3) is 0.351. The number of hydrogen-bond donors (Lipinski definition) is 9. The number of nitrogens with zero attached hydrogens (tertiary/aromatic N) is 7. The van der Waals surface area contributed by atoms with Gasteiger partial charge in [-0.15, -0.1) is 0 Å². The van der Waals surface area contributed by atoms with Crippen LogP contribution in [0.5, 0.6) is 5.88 Å². The minimum atomic E-state index is -1.42. The number of nitrogens with one attached hydrogen (secondary N) is 5. The molecule has 2 aromatic carbocycles. The average Bonchev–Trinajstić information content (AvgIpc) is 3.20. The molecule has 0 saturated carbocycles. The number of carbonyl (C=O) groups is 6. The van der Waals surface area contributed by atoms with Crippen LogP contribution < -0.4 is 32.3 Å². The van der Waals surface area contributed by atoms with Crippen LogP contribution in [-0.4, -0.2) is 95.5 Å². The summed E-state index contributed by atoms with van der Waals surface area (Å²) in [5, 5.41) is 46.0. The van der Waals surface area contributed by atoms with Crippen molar-refractivity contribution in [3.8, 4) is 5.88 Å². The van der Waals surface area contributed by atoms with Gasteiger partial charge in [-0.05, 0) is 81.0 Å². The first-order valence-corrected chi connectivity index (χ1v) is 18.3.